The van der Waals surface area contributed by atoms with Gasteiger partial charge in [-0.1, -0.05) is 54.3 Å². The normalized spacial score (nSPS) is 11.8. The molecule has 0 radical (unpaired) electrons. The Labute approximate surface area is 169 Å². The third kappa shape index (κ3) is 7.10. The summed E-state index contributed by atoms with van der Waals surface area (Å²) >= 11 is 1.44. The molecule has 0 spiro atoms. The largest absolute Gasteiger partial charge is 0.480 e. The van der Waals surface area contributed by atoms with Gasteiger partial charge in [-0.2, -0.15) is 11.8 Å². The second kappa shape index (κ2) is 9.98. The van der Waals surface area contributed by atoms with Crippen LogP contribution in [-0.2, 0) is 10.5 Å². The average molecular weight is 397 g/mol. The summed E-state index contributed by atoms with van der Waals surface area (Å²) in [5, 5.41) is 21.8. The van der Waals surface area contributed by atoms with E-state index in [1.165, 1.54) is 11.8 Å². The summed E-state index contributed by atoms with van der Waals surface area (Å²) in [5.41, 5.74) is 0.610. The highest BCUT2D eigenvalue weighted by Gasteiger charge is 2.22. The zero-order chi connectivity index (χ0) is 20.6. The molecule has 0 fully saturated rings. The number of carbonyl (C=O) groups excluding carboxylic acids is 1. The second-order valence-electron chi connectivity index (χ2n) is 6.72. The smallest absolute Gasteiger partial charge is 0.327 e. The van der Waals surface area contributed by atoms with Crippen LogP contribution in [0.25, 0.3) is 0 Å². The van der Waals surface area contributed by atoms with Crippen molar-refractivity contribution in [3.05, 3.63) is 71.3 Å². The van der Waals surface area contributed by atoms with Crippen molar-refractivity contribution in [1.29, 1.82) is 0 Å². The van der Waals surface area contributed by atoms with E-state index in [1.54, 1.807) is 38.1 Å². The summed E-state index contributed by atoms with van der Waals surface area (Å²) in [5.74, 6) is 4.76. The van der Waals surface area contributed by atoms with Crippen LogP contribution >= 0.6 is 11.8 Å². The summed E-state index contributed by atoms with van der Waals surface area (Å²) in [6.45, 7) is 3.10. The van der Waals surface area contributed by atoms with Gasteiger partial charge in [-0.3, -0.25) is 4.79 Å². The van der Waals surface area contributed by atoms with Crippen molar-refractivity contribution in [2.24, 2.45) is 0 Å². The highest BCUT2D eigenvalue weighted by Crippen LogP contribution is 2.14. The number of amides is 1. The molecule has 0 aliphatic carbocycles. The molecule has 2 aromatic rings. The summed E-state index contributed by atoms with van der Waals surface area (Å²) in [4.78, 5) is 24.2. The van der Waals surface area contributed by atoms with Gasteiger partial charge in [0.15, 0.2) is 0 Å². The predicted molar refractivity (Wildman–Crippen MR) is 111 cm³/mol. The summed E-state index contributed by atoms with van der Waals surface area (Å²) < 4.78 is 0. The molecule has 2 aromatic carbocycles. The molecule has 0 unspecified atom stereocenters. The van der Waals surface area contributed by atoms with E-state index in [4.69, 9.17) is 0 Å². The molecule has 6 heteroatoms. The molecular formula is C22H23NO4S. The Kier molecular flexibility index (Phi) is 7.68. The minimum Gasteiger partial charge on any atom is -0.480 e. The van der Waals surface area contributed by atoms with Crippen LogP contribution in [0.3, 0.4) is 0 Å². The number of hydrogen-bond acceptors (Lipinski definition) is 4. The molecule has 0 heterocycles. The molecule has 0 aliphatic heterocycles. The SMILES string of the molecule is CC(C)(O)C#Cc1ccccc1C(=O)N[C@H](CSCc1ccccc1)C(=O)O. The molecule has 0 bridgehead atoms. The lowest BCUT2D eigenvalue weighted by molar-refractivity contribution is -0.138. The number of carboxylic acid groups (broad SMARTS) is 1. The van der Waals surface area contributed by atoms with Gasteiger partial charge in [0.2, 0.25) is 0 Å². The van der Waals surface area contributed by atoms with Gasteiger partial charge in [-0.05, 0) is 31.5 Å². The topological polar surface area (TPSA) is 86.6 Å². The molecule has 146 valence electrons. The van der Waals surface area contributed by atoms with E-state index >= 15 is 0 Å². The monoisotopic (exact) mass is 397 g/mol. The van der Waals surface area contributed by atoms with Crippen molar-refractivity contribution in [1.82, 2.24) is 5.32 Å². The Balaban J connectivity index is 2.06. The first-order valence-corrected chi connectivity index (χ1v) is 9.91. The summed E-state index contributed by atoms with van der Waals surface area (Å²) in [7, 11) is 0. The highest BCUT2D eigenvalue weighted by atomic mass is 32.2. The van der Waals surface area contributed by atoms with E-state index in [9.17, 15) is 19.8 Å². The molecule has 0 aromatic heterocycles. The van der Waals surface area contributed by atoms with Crippen molar-refractivity contribution in [3.63, 3.8) is 0 Å². The van der Waals surface area contributed by atoms with Crippen molar-refractivity contribution >= 4 is 23.6 Å². The number of rotatable bonds is 7. The molecule has 5 nitrogen and oxygen atoms in total. The first-order chi connectivity index (χ1) is 13.3. The molecule has 1 amide bonds. The standard InChI is InChI=1S/C22H23NO4S/c1-22(2,27)13-12-17-10-6-7-11-18(17)20(24)23-19(21(25)26)15-28-14-16-8-4-3-5-9-16/h3-11,19,27H,14-15H2,1-2H3,(H,23,24)(H,25,26)/t19-/m1/s1. The number of thioether (sulfide) groups is 1. The van der Waals surface area contributed by atoms with Crippen molar-refractivity contribution < 1.29 is 19.8 Å². The summed E-state index contributed by atoms with van der Waals surface area (Å²) in [6.07, 6.45) is 0. The van der Waals surface area contributed by atoms with E-state index < -0.39 is 23.5 Å². The molecule has 0 aliphatic rings. The minimum atomic E-state index is -1.19. The zero-order valence-corrected chi connectivity index (χ0v) is 16.6. The van der Waals surface area contributed by atoms with Gasteiger partial charge in [0, 0.05) is 17.1 Å². The second-order valence-corrected chi connectivity index (χ2v) is 7.75. The molecule has 2 rings (SSSR count). The Morgan fingerprint density at radius 2 is 1.75 bits per heavy atom. The fourth-order valence-electron chi connectivity index (χ4n) is 2.29. The van der Waals surface area contributed by atoms with E-state index in [-0.39, 0.29) is 11.3 Å². The highest BCUT2D eigenvalue weighted by molar-refractivity contribution is 7.98. The Hall–Kier alpha value is -2.75. The fraction of sp³-hybridized carbons (Fsp3) is 0.273. The number of hydrogen-bond donors (Lipinski definition) is 3. The van der Waals surface area contributed by atoms with Crippen LogP contribution in [0.4, 0.5) is 0 Å². The molecule has 0 saturated heterocycles. The number of nitrogens with one attached hydrogen (secondary N) is 1. The quantitative estimate of drug-likeness (QED) is 0.626. The maximum Gasteiger partial charge on any atom is 0.327 e. The Morgan fingerprint density at radius 1 is 1.11 bits per heavy atom. The van der Waals surface area contributed by atoms with Gasteiger partial charge in [-0.15, -0.1) is 0 Å². The van der Waals surface area contributed by atoms with Crippen LogP contribution in [-0.4, -0.2) is 39.5 Å². The van der Waals surface area contributed by atoms with Crippen LogP contribution in [0.15, 0.2) is 54.6 Å². The zero-order valence-electron chi connectivity index (χ0n) is 15.8. The van der Waals surface area contributed by atoms with Crippen molar-refractivity contribution in [3.8, 4) is 11.8 Å². The number of aliphatic hydroxyl groups is 1. The van der Waals surface area contributed by atoms with E-state index in [2.05, 4.69) is 17.2 Å². The third-order valence-electron chi connectivity index (χ3n) is 3.67. The van der Waals surface area contributed by atoms with E-state index in [1.807, 2.05) is 30.3 Å². The minimum absolute atomic E-state index is 0.244. The van der Waals surface area contributed by atoms with Gasteiger partial charge in [0.05, 0.1) is 5.56 Å². The van der Waals surface area contributed by atoms with Gasteiger partial charge < -0.3 is 15.5 Å². The van der Waals surface area contributed by atoms with E-state index in [0.717, 1.165) is 5.56 Å². The van der Waals surface area contributed by atoms with Crippen LogP contribution in [0.2, 0.25) is 0 Å². The fourth-order valence-corrected chi connectivity index (χ4v) is 3.30. The summed E-state index contributed by atoms with van der Waals surface area (Å²) in [6, 6.07) is 15.4. The third-order valence-corrected chi connectivity index (χ3v) is 4.78. The maximum atomic E-state index is 12.6. The van der Waals surface area contributed by atoms with Crippen LogP contribution in [0, 0.1) is 11.8 Å². The number of carboxylic acids is 1. The first kappa shape index (κ1) is 21.5. The Bertz CT molecular complexity index is 879. The van der Waals surface area contributed by atoms with Crippen LogP contribution in [0.5, 0.6) is 0 Å². The van der Waals surface area contributed by atoms with Gasteiger partial charge >= 0.3 is 5.97 Å². The molecule has 28 heavy (non-hydrogen) atoms. The van der Waals surface area contributed by atoms with Crippen molar-refractivity contribution in [2.45, 2.75) is 31.2 Å². The van der Waals surface area contributed by atoms with Crippen LogP contribution in [0.1, 0.15) is 35.3 Å². The van der Waals surface area contributed by atoms with Gasteiger partial charge in [0.1, 0.15) is 11.6 Å². The molecule has 0 saturated carbocycles. The average Bonchev–Trinajstić information content (AvgIpc) is 2.66. The van der Waals surface area contributed by atoms with Crippen molar-refractivity contribution in [2.75, 3.05) is 5.75 Å². The first-order valence-electron chi connectivity index (χ1n) is 8.76. The van der Waals surface area contributed by atoms with Crippen LogP contribution < -0.4 is 5.32 Å². The predicted octanol–water partition coefficient (Wildman–Crippen LogP) is 2.93. The number of aliphatic carboxylic acids is 1. The molecule has 3 N–H and O–H groups in total. The van der Waals surface area contributed by atoms with E-state index in [0.29, 0.717) is 11.3 Å². The molecule has 1 atom stereocenters. The van der Waals surface area contributed by atoms with Gasteiger partial charge in [-0.25, -0.2) is 4.79 Å². The maximum absolute atomic E-state index is 12.6. The Morgan fingerprint density at radius 3 is 2.39 bits per heavy atom. The number of carbonyl (C=O) groups is 2. The number of benzene rings is 2. The van der Waals surface area contributed by atoms with Gasteiger partial charge in [0.25, 0.3) is 5.91 Å². The molecular weight excluding hydrogens is 374 g/mol. The lowest BCUT2D eigenvalue weighted by atomic mass is 10.0. The lowest BCUT2D eigenvalue weighted by Crippen LogP contribution is -2.42. The lowest BCUT2D eigenvalue weighted by Gasteiger charge is -2.15.